The number of para-hydroxylation sites is 2. The minimum Gasteiger partial charge on any atom is -0.460 e. The minimum atomic E-state index is -4.54. The van der Waals surface area contributed by atoms with E-state index in [1.165, 1.54) is 6.07 Å². The topological polar surface area (TPSA) is 70.2 Å². The van der Waals surface area contributed by atoms with Gasteiger partial charge >= 0.3 is 12.1 Å². The summed E-state index contributed by atoms with van der Waals surface area (Å²) in [5.41, 5.74) is 0.518. The number of fused-ring (bicyclic) bond motifs is 1. The van der Waals surface area contributed by atoms with Crippen molar-refractivity contribution < 1.29 is 27.1 Å². The number of alkyl halides is 3. The fourth-order valence-electron chi connectivity index (χ4n) is 2.96. The van der Waals surface area contributed by atoms with E-state index in [4.69, 9.17) is 20.8 Å². The first-order valence-corrected chi connectivity index (χ1v) is 10.6. The molecule has 4 aromatic rings. The number of hydrogen-bond donors (Lipinski definition) is 0. The van der Waals surface area contributed by atoms with E-state index in [1.54, 1.807) is 13.0 Å². The Hall–Kier alpha value is -2.98. The molecule has 32 heavy (non-hydrogen) atoms. The van der Waals surface area contributed by atoms with Crippen molar-refractivity contribution in [2.75, 3.05) is 6.61 Å². The standard InChI is InChI=1S/C21H15ClF3N3O3S/c1-2-30-19(29)17-8-7-13(31-17)11-28-16-6-4-3-5-15(16)27-20(28)32-18-14(22)9-12(10-26-18)21(23,24)25/h3-10H,2,11H2,1H3. The molecule has 11 heteroatoms. The van der Waals surface area contributed by atoms with Crippen molar-refractivity contribution in [3.8, 4) is 0 Å². The maximum atomic E-state index is 12.9. The van der Waals surface area contributed by atoms with E-state index in [-0.39, 0.29) is 29.0 Å². The zero-order chi connectivity index (χ0) is 22.9. The number of halogens is 4. The van der Waals surface area contributed by atoms with Crippen LogP contribution in [0.5, 0.6) is 0 Å². The zero-order valence-corrected chi connectivity index (χ0v) is 18.1. The number of rotatable bonds is 6. The molecule has 4 rings (SSSR count). The third kappa shape index (κ3) is 4.61. The Morgan fingerprint density at radius 3 is 2.75 bits per heavy atom. The van der Waals surface area contributed by atoms with Gasteiger partial charge in [-0.25, -0.2) is 14.8 Å². The Morgan fingerprint density at radius 2 is 2.03 bits per heavy atom. The van der Waals surface area contributed by atoms with Crippen molar-refractivity contribution >= 4 is 40.4 Å². The van der Waals surface area contributed by atoms with Crippen molar-refractivity contribution in [2.24, 2.45) is 0 Å². The summed E-state index contributed by atoms with van der Waals surface area (Å²) in [6.07, 6.45) is -3.80. The van der Waals surface area contributed by atoms with Gasteiger partial charge in [0.25, 0.3) is 0 Å². The number of nitrogens with zero attached hydrogens (tertiary/aromatic N) is 3. The Labute approximate surface area is 189 Å². The van der Waals surface area contributed by atoms with Crippen LogP contribution in [0.25, 0.3) is 11.0 Å². The van der Waals surface area contributed by atoms with Crippen molar-refractivity contribution in [2.45, 2.75) is 29.8 Å². The highest BCUT2D eigenvalue weighted by molar-refractivity contribution is 7.99. The summed E-state index contributed by atoms with van der Waals surface area (Å²) < 4.78 is 51.1. The van der Waals surface area contributed by atoms with E-state index >= 15 is 0 Å². The number of carbonyl (C=O) groups excluding carboxylic acids is 1. The van der Waals surface area contributed by atoms with E-state index in [1.807, 2.05) is 28.8 Å². The van der Waals surface area contributed by atoms with E-state index in [0.29, 0.717) is 16.4 Å². The monoisotopic (exact) mass is 481 g/mol. The maximum Gasteiger partial charge on any atom is 0.417 e. The predicted octanol–water partition coefficient (Wildman–Crippen LogP) is 6.07. The number of carbonyl (C=O) groups is 1. The van der Waals surface area contributed by atoms with Crippen LogP contribution in [0.2, 0.25) is 5.02 Å². The number of hydrogen-bond acceptors (Lipinski definition) is 6. The average Bonchev–Trinajstić information content (AvgIpc) is 3.34. The normalized spacial score (nSPS) is 11.8. The lowest BCUT2D eigenvalue weighted by Gasteiger charge is -2.10. The lowest BCUT2D eigenvalue weighted by Crippen LogP contribution is -2.06. The summed E-state index contributed by atoms with van der Waals surface area (Å²) in [7, 11) is 0. The molecular formula is C21H15ClF3N3O3S. The molecule has 0 bridgehead atoms. The molecule has 3 heterocycles. The van der Waals surface area contributed by atoms with Gasteiger partial charge in [0, 0.05) is 6.20 Å². The van der Waals surface area contributed by atoms with Crippen LogP contribution in [0.3, 0.4) is 0 Å². The molecule has 0 fully saturated rings. The number of aromatic nitrogens is 3. The van der Waals surface area contributed by atoms with Gasteiger partial charge in [-0.1, -0.05) is 23.7 Å². The molecule has 0 unspecified atom stereocenters. The van der Waals surface area contributed by atoms with Gasteiger partial charge < -0.3 is 13.7 Å². The Kier molecular flexibility index (Phi) is 6.16. The molecule has 3 aromatic heterocycles. The number of benzene rings is 1. The maximum absolute atomic E-state index is 12.9. The van der Waals surface area contributed by atoms with Gasteiger partial charge in [-0.05, 0) is 49.0 Å². The summed E-state index contributed by atoms with van der Waals surface area (Å²) in [5.74, 6) is -0.0120. The fourth-order valence-corrected chi connectivity index (χ4v) is 4.09. The molecule has 0 aliphatic rings. The zero-order valence-electron chi connectivity index (χ0n) is 16.5. The second-order valence-corrected chi connectivity index (χ2v) is 7.93. The quantitative estimate of drug-likeness (QED) is 0.311. The molecule has 1 aromatic carbocycles. The van der Waals surface area contributed by atoms with Gasteiger partial charge in [-0.15, -0.1) is 0 Å². The SMILES string of the molecule is CCOC(=O)c1ccc(Cn2c(Sc3ncc(C(F)(F)F)cc3Cl)nc3ccccc32)o1. The van der Waals surface area contributed by atoms with Gasteiger partial charge in [-0.2, -0.15) is 13.2 Å². The van der Waals surface area contributed by atoms with Crippen LogP contribution < -0.4 is 0 Å². The third-order valence-electron chi connectivity index (χ3n) is 4.39. The van der Waals surface area contributed by atoms with Gasteiger partial charge in [0.2, 0.25) is 5.76 Å². The average molecular weight is 482 g/mol. The highest BCUT2D eigenvalue weighted by Gasteiger charge is 2.32. The van der Waals surface area contributed by atoms with Gasteiger partial charge in [-0.3, -0.25) is 0 Å². The molecular weight excluding hydrogens is 467 g/mol. The second-order valence-electron chi connectivity index (χ2n) is 6.57. The first-order chi connectivity index (χ1) is 15.3. The predicted molar refractivity (Wildman–Crippen MR) is 112 cm³/mol. The molecule has 0 aliphatic heterocycles. The Balaban J connectivity index is 1.68. The molecule has 6 nitrogen and oxygen atoms in total. The number of furan rings is 1. The van der Waals surface area contributed by atoms with Crippen molar-refractivity contribution in [1.82, 2.24) is 14.5 Å². The van der Waals surface area contributed by atoms with E-state index in [9.17, 15) is 18.0 Å². The lowest BCUT2D eigenvalue weighted by molar-refractivity contribution is -0.137. The van der Waals surface area contributed by atoms with E-state index < -0.39 is 17.7 Å². The summed E-state index contributed by atoms with van der Waals surface area (Å²) in [6.45, 7) is 2.15. The molecule has 0 radical (unpaired) electrons. The van der Waals surface area contributed by atoms with Crippen molar-refractivity contribution in [1.29, 1.82) is 0 Å². The summed E-state index contributed by atoms with van der Waals surface area (Å²) >= 11 is 7.11. The highest BCUT2D eigenvalue weighted by Crippen LogP contribution is 2.37. The molecule has 0 saturated carbocycles. The fraction of sp³-hybridized carbons (Fsp3) is 0.190. The van der Waals surface area contributed by atoms with E-state index in [0.717, 1.165) is 29.5 Å². The van der Waals surface area contributed by atoms with E-state index in [2.05, 4.69) is 9.97 Å². The molecule has 0 spiro atoms. The highest BCUT2D eigenvalue weighted by atomic mass is 35.5. The summed E-state index contributed by atoms with van der Waals surface area (Å²) in [5, 5.41) is 0.503. The third-order valence-corrected chi connectivity index (χ3v) is 5.81. The van der Waals surface area contributed by atoms with Gasteiger partial charge in [0.1, 0.15) is 10.8 Å². The van der Waals surface area contributed by atoms with Crippen LogP contribution in [0.4, 0.5) is 13.2 Å². The molecule has 0 amide bonds. The first-order valence-electron chi connectivity index (χ1n) is 9.38. The van der Waals surface area contributed by atoms with Crippen LogP contribution in [0.15, 0.2) is 63.3 Å². The van der Waals surface area contributed by atoms with Crippen LogP contribution in [-0.2, 0) is 17.5 Å². The second kappa shape index (κ2) is 8.87. The Bertz CT molecular complexity index is 1290. The number of ether oxygens (including phenoxy) is 1. The summed E-state index contributed by atoms with van der Waals surface area (Å²) in [6, 6.07) is 11.3. The molecule has 0 atom stereocenters. The minimum absolute atomic E-state index is 0.0768. The van der Waals surface area contributed by atoms with Crippen LogP contribution in [0.1, 0.15) is 28.8 Å². The molecule has 166 valence electrons. The van der Waals surface area contributed by atoms with Crippen LogP contribution in [0, 0.1) is 0 Å². The number of imidazole rings is 1. The lowest BCUT2D eigenvalue weighted by atomic mass is 10.3. The van der Waals surface area contributed by atoms with Crippen LogP contribution >= 0.6 is 23.4 Å². The van der Waals surface area contributed by atoms with Crippen LogP contribution in [-0.4, -0.2) is 27.1 Å². The molecule has 0 N–H and O–H groups in total. The summed E-state index contributed by atoms with van der Waals surface area (Å²) in [4.78, 5) is 20.3. The van der Waals surface area contributed by atoms with Gasteiger partial charge in [0.05, 0.1) is 34.8 Å². The smallest absolute Gasteiger partial charge is 0.417 e. The first kappa shape index (κ1) is 22.2. The van der Waals surface area contributed by atoms with Crippen molar-refractivity contribution in [3.05, 3.63) is 70.8 Å². The number of esters is 1. The molecule has 0 saturated heterocycles. The Morgan fingerprint density at radius 1 is 1.25 bits per heavy atom. The largest absolute Gasteiger partial charge is 0.460 e. The van der Waals surface area contributed by atoms with Crippen molar-refractivity contribution in [3.63, 3.8) is 0 Å². The number of pyridine rings is 1. The van der Waals surface area contributed by atoms with Gasteiger partial charge in [0.15, 0.2) is 5.16 Å². The molecule has 0 aliphatic carbocycles.